The summed E-state index contributed by atoms with van der Waals surface area (Å²) >= 11 is 0. The third kappa shape index (κ3) is 2.05. The summed E-state index contributed by atoms with van der Waals surface area (Å²) in [7, 11) is 0. The largest absolute Gasteiger partial charge is 0.467 e. The molecule has 0 aliphatic carbocycles. The van der Waals surface area contributed by atoms with E-state index in [9.17, 15) is 0 Å². The molecule has 0 bridgehead atoms. The highest BCUT2D eigenvalue weighted by molar-refractivity contribution is 5.78. The van der Waals surface area contributed by atoms with Gasteiger partial charge < -0.3 is 9.73 Å². The number of rotatable bonds is 3. The fourth-order valence-corrected chi connectivity index (χ4v) is 1.84. The van der Waals surface area contributed by atoms with Gasteiger partial charge in [-0.05, 0) is 36.8 Å². The summed E-state index contributed by atoms with van der Waals surface area (Å²) < 4.78 is 5.38. The van der Waals surface area contributed by atoms with E-state index in [2.05, 4.69) is 15.3 Å². The lowest BCUT2D eigenvalue weighted by molar-refractivity contribution is 0.515. The first-order valence-electron chi connectivity index (χ1n) is 5.80. The molecule has 1 aromatic carbocycles. The quantitative estimate of drug-likeness (QED) is 0.762. The maximum atomic E-state index is 5.38. The number of aryl methyl sites for hydroxylation is 1. The third-order valence-corrected chi connectivity index (χ3v) is 2.89. The van der Waals surface area contributed by atoms with Crippen molar-refractivity contribution in [2.75, 3.05) is 5.32 Å². The van der Waals surface area contributed by atoms with Crippen LogP contribution in [-0.4, -0.2) is 9.97 Å². The molecule has 18 heavy (non-hydrogen) atoms. The minimum absolute atomic E-state index is 0.671. The summed E-state index contributed by atoms with van der Waals surface area (Å²) in [6.45, 7) is 2.71. The summed E-state index contributed by atoms with van der Waals surface area (Å²) in [5, 5.41) is 3.32. The average molecular weight is 239 g/mol. The number of hydrogen-bond acceptors (Lipinski definition) is 4. The van der Waals surface area contributed by atoms with Gasteiger partial charge in [0, 0.05) is 18.1 Å². The van der Waals surface area contributed by atoms with E-state index in [-0.39, 0.29) is 0 Å². The van der Waals surface area contributed by atoms with Crippen molar-refractivity contribution < 1.29 is 4.42 Å². The number of nitrogens with one attached hydrogen (secondary N) is 1. The van der Waals surface area contributed by atoms with Gasteiger partial charge in [-0.2, -0.15) is 0 Å². The van der Waals surface area contributed by atoms with Crippen LogP contribution in [0.5, 0.6) is 0 Å². The van der Waals surface area contributed by atoms with Crippen molar-refractivity contribution in [3.8, 4) is 0 Å². The highest BCUT2D eigenvalue weighted by Gasteiger charge is 2.02. The average Bonchev–Trinajstić information content (AvgIpc) is 2.82. The van der Waals surface area contributed by atoms with Crippen molar-refractivity contribution in [3.05, 3.63) is 54.2 Å². The second-order valence-corrected chi connectivity index (χ2v) is 4.14. The van der Waals surface area contributed by atoms with Gasteiger partial charge in [-0.3, -0.25) is 9.97 Å². The minimum atomic E-state index is 0.671. The molecule has 0 fully saturated rings. The Kier molecular flexibility index (Phi) is 2.68. The van der Waals surface area contributed by atoms with Gasteiger partial charge in [0.25, 0.3) is 0 Å². The minimum Gasteiger partial charge on any atom is -0.467 e. The lowest BCUT2D eigenvalue weighted by Crippen LogP contribution is -1.99. The number of aromatic nitrogens is 2. The predicted molar refractivity (Wildman–Crippen MR) is 70.3 cm³/mol. The molecule has 3 aromatic rings. The maximum Gasteiger partial charge on any atom is 0.125 e. The number of benzene rings is 1. The number of hydrogen-bond donors (Lipinski definition) is 1. The summed E-state index contributed by atoms with van der Waals surface area (Å²) in [5.41, 5.74) is 3.96. The van der Waals surface area contributed by atoms with Crippen LogP contribution in [-0.2, 0) is 6.54 Å². The monoisotopic (exact) mass is 239 g/mol. The SMILES string of the molecule is Cc1ccoc1CNc1ccc2nccnc2c1. The summed E-state index contributed by atoms with van der Waals surface area (Å²) in [6.07, 6.45) is 5.10. The van der Waals surface area contributed by atoms with E-state index in [4.69, 9.17) is 4.42 Å². The third-order valence-electron chi connectivity index (χ3n) is 2.89. The van der Waals surface area contributed by atoms with Crippen LogP contribution in [0.2, 0.25) is 0 Å². The number of fused-ring (bicyclic) bond motifs is 1. The van der Waals surface area contributed by atoms with Crippen LogP contribution in [0.1, 0.15) is 11.3 Å². The van der Waals surface area contributed by atoms with Gasteiger partial charge in [0.2, 0.25) is 0 Å². The molecule has 0 atom stereocenters. The predicted octanol–water partition coefficient (Wildman–Crippen LogP) is 3.14. The van der Waals surface area contributed by atoms with Crippen LogP contribution < -0.4 is 5.32 Å². The van der Waals surface area contributed by atoms with Crippen LogP contribution in [0.3, 0.4) is 0 Å². The molecule has 0 spiro atoms. The Morgan fingerprint density at radius 1 is 1.11 bits per heavy atom. The zero-order valence-corrected chi connectivity index (χ0v) is 10.1. The van der Waals surface area contributed by atoms with E-state index >= 15 is 0 Å². The van der Waals surface area contributed by atoms with Crippen LogP contribution in [0.25, 0.3) is 11.0 Å². The van der Waals surface area contributed by atoms with Gasteiger partial charge in [0.15, 0.2) is 0 Å². The van der Waals surface area contributed by atoms with E-state index in [0.29, 0.717) is 6.54 Å². The lowest BCUT2D eigenvalue weighted by Gasteiger charge is -2.06. The number of nitrogens with zero attached hydrogens (tertiary/aromatic N) is 2. The Balaban J connectivity index is 1.81. The molecule has 0 saturated heterocycles. The van der Waals surface area contributed by atoms with Crippen molar-refractivity contribution in [2.45, 2.75) is 13.5 Å². The normalized spacial score (nSPS) is 10.7. The van der Waals surface area contributed by atoms with E-state index in [1.165, 1.54) is 0 Å². The zero-order chi connectivity index (χ0) is 12.4. The lowest BCUT2D eigenvalue weighted by atomic mass is 10.2. The van der Waals surface area contributed by atoms with E-state index in [1.807, 2.05) is 31.2 Å². The van der Waals surface area contributed by atoms with Gasteiger partial charge in [0.05, 0.1) is 23.8 Å². The van der Waals surface area contributed by atoms with Gasteiger partial charge in [0.1, 0.15) is 5.76 Å². The fraction of sp³-hybridized carbons (Fsp3) is 0.143. The zero-order valence-electron chi connectivity index (χ0n) is 10.1. The first kappa shape index (κ1) is 10.8. The van der Waals surface area contributed by atoms with Gasteiger partial charge in [-0.25, -0.2) is 0 Å². The standard InChI is InChI=1S/C14H13N3O/c1-10-4-7-18-14(10)9-17-11-2-3-12-13(8-11)16-6-5-15-12/h2-8,17H,9H2,1H3. The van der Waals surface area contributed by atoms with E-state index in [1.54, 1.807) is 18.7 Å². The molecule has 90 valence electrons. The van der Waals surface area contributed by atoms with Crippen molar-refractivity contribution in [2.24, 2.45) is 0 Å². The van der Waals surface area contributed by atoms with Gasteiger partial charge in [-0.1, -0.05) is 0 Å². The van der Waals surface area contributed by atoms with Crippen LogP contribution >= 0.6 is 0 Å². The highest BCUT2D eigenvalue weighted by atomic mass is 16.3. The van der Waals surface area contributed by atoms with Crippen LogP contribution in [0.4, 0.5) is 5.69 Å². The second-order valence-electron chi connectivity index (χ2n) is 4.14. The molecule has 0 radical (unpaired) electrons. The van der Waals surface area contributed by atoms with Crippen molar-refractivity contribution in [1.82, 2.24) is 9.97 Å². The molecule has 0 aliphatic heterocycles. The Morgan fingerprint density at radius 2 is 1.94 bits per heavy atom. The molecular weight excluding hydrogens is 226 g/mol. The molecule has 4 heteroatoms. The summed E-state index contributed by atoms with van der Waals surface area (Å²) in [6, 6.07) is 7.90. The van der Waals surface area contributed by atoms with Crippen molar-refractivity contribution >= 4 is 16.7 Å². The summed E-state index contributed by atoms with van der Waals surface area (Å²) in [4.78, 5) is 8.52. The summed E-state index contributed by atoms with van der Waals surface area (Å²) in [5.74, 6) is 0.953. The molecule has 0 aliphatic rings. The molecule has 1 N–H and O–H groups in total. The van der Waals surface area contributed by atoms with Crippen molar-refractivity contribution in [1.29, 1.82) is 0 Å². The Morgan fingerprint density at radius 3 is 2.72 bits per heavy atom. The molecule has 0 amide bonds. The van der Waals surface area contributed by atoms with Crippen molar-refractivity contribution in [3.63, 3.8) is 0 Å². The molecule has 3 rings (SSSR count). The number of furan rings is 1. The maximum absolute atomic E-state index is 5.38. The van der Waals surface area contributed by atoms with E-state index < -0.39 is 0 Å². The fourth-order valence-electron chi connectivity index (χ4n) is 1.84. The number of anilines is 1. The second kappa shape index (κ2) is 4.49. The molecule has 0 saturated carbocycles. The smallest absolute Gasteiger partial charge is 0.125 e. The molecule has 0 unspecified atom stereocenters. The van der Waals surface area contributed by atoms with E-state index in [0.717, 1.165) is 28.0 Å². The Labute approximate surface area is 105 Å². The first-order valence-corrected chi connectivity index (χ1v) is 5.80. The highest BCUT2D eigenvalue weighted by Crippen LogP contribution is 2.17. The van der Waals surface area contributed by atoms with Gasteiger partial charge >= 0.3 is 0 Å². The molecule has 4 nitrogen and oxygen atoms in total. The molecular formula is C14H13N3O. The Bertz CT molecular complexity index is 675. The van der Waals surface area contributed by atoms with Crippen LogP contribution in [0, 0.1) is 6.92 Å². The van der Waals surface area contributed by atoms with Gasteiger partial charge in [-0.15, -0.1) is 0 Å². The first-order chi connectivity index (χ1) is 8.83. The topological polar surface area (TPSA) is 51.0 Å². The van der Waals surface area contributed by atoms with Crippen LogP contribution in [0.15, 0.2) is 47.3 Å². The molecule has 2 aromatic heterocycles. The Hall–Kier alpha value is -2.36. The molecule has 2 heterocycles.